The number of aryl methyl sites for hydroxylation is 1. The number of carbonyl (C=O) groups is 3. The van der Waals surface area contributed by atoms with E-state index in [9.17, 15) is 14.4 Å². The number of nitrogens with one attached hydrogen (secondary N) is 4. The molecule has 2 aliphatic rings. The van der Waals surface area contributed by atoms with Crippen molar-refractivity contribution in [3.63, 3.8) is 0 Å². The molecule has 13 nitrogen and oxygen atoms in total. The van der Waals surface area contributed by atoms with E-state index in [0.717, 1.165) is 23.6 Å². The Kier molecular flexibility index (Phi) is 9.33. The Morgan fingerprint density at radius 1 is 1.19 bits per heavy atom. The van der Waals surface area contributed by atoms with Crippen molar-refractivity contribution in [2.45, 2.75) is 51.6 Å². The molecule has 0 aliphatic carbocycles. The van der Waals surface area contributed by atoms with E-state index in [1.165, 1.54) is 0 Å². The SMILES string of the molecule is CCOC(=O)CC[C@H](NC(=O)c1ccc(CCC2CNC3=C(N2)C(N)=NN(N)N3)cc1)C(=O)OCC. The third-order valence-corrected chi connectivity index (χ3v) is 5.64. The van der Waals surface area contributed by atoms with Crippen LogP contribution in [0.4, 0.5) is 0 Å². The normalized spacial score (nSPS) is 17.5. The van der Waals surface area contributed by atoms with E-state index in [1.807, 2.05) is 12.1 Å². The van der Waals surface area contributed by atoms with Crippen LogP contribution in [0.2, 0.25) is 0 Å². The molecule has 2 aliphatic heterocycles. The minimum Gasteiger partial charge on any atom is -0.466 e. The number of amides is 1. The fourth-order valence-electron chi connectivity index (χ4n) is 3.81. The molecule has 1 aromatic rings. The van der Waals surface area contributed by atoms with E-state index in [0.29, 0.717) is 29.5 Å². The Morgan fingerprint density at radius 2 is 1.92 bits per heavy atom. The molecule has 1 unspecified atom stereocenters. The zero-order chi connectivity index (χ0) is 26.1. The molecule has 2 atom stereocenters. The third kappa shape index (κ3) is 7.25. The van der Waals surface area contributed by atoms with E-state index in [4.69, 9.17) is 21.1 Å². The lowest BCUT2D eigenvalue weighted by molar-refractivity contribution is -0.146. The maximum atomic E-state index is 12.7. The number of rotatable bonds is 11. The first-order chi connectivity index (χ1) is 17.3. The van der Waals surface area contributed by atoms with Crippen molar-refractivity contribution in [2.75, 3.05) is 19.8 Å². The van der Waals surface area contributed by atoms with Crippen LogP contribution < -0.4 is 33.0 Å². The van der Waals surface area contributed by atoms with Crippen LogP contribution in [0.1, 0.15) is 49.0 Å². The van der Waals surface area contributed by atoms with E-state index in [2.05, 4.69) is 26.5 Å². The fraction of sp³-hybridized carbons (Fsp3) is 0.478. The van der Waals surface area contributed by atoms with Crippen LogP contribution in [0.15, 0.2) is 40.9 Å². The van der Waals surface area contributed by atoms with E-state index in [-0.39, 0.29) is 32.1 Å². The number of hydrazine groups is 2. The van der Waals surface area contributed by atoms with Gasteiger partial charge in [0, 0.05) is 24.6 Å². The van der Waals surface area contributed by atoms with Crippen molar-refractivity contribution in [1.29, 1.82) is 0 Å². The van der Waals surface area contributed by atoms with Gasteiger partial charge in [0.25, 0.3) is 5.91 Å². The fourth-order valence-corrected chi connectivity index (χ4v) is 3.81. The number of amidine groups is 1. The summed E-state index contributed by atoms with van der Waals surface area (Å²) < 4.78 is 9.94. The van der Waals surface area contributed by atoms with Crippen molar-refractivity contribution in [1.82, 2.24) is 26.6 Å². The molecule has 1 amide bonds. The lowest BCUT2D eigenvalue weighted by atomic mass is 10.0. The number of benzene rings is 1. The zero-order valence-electron chi connectivity index (χ0n) is 20.5. The summed E-state index contributed by atoms with van der Waals surface area (Å²) in [6.07, 6.45) is 1.67. The number of hydrazone groups is 1. The van der Waals surface area contributed by atoms with E-state index in [1.54, 1.807) is 26.0 Å². The molecule has 3 rings (SSSR count). The summed E-state index contributed by atoms with van der Waals surface area (Å²) in [5.74, 6) is 5.14. The molecular weight excluding hydrogens is 468 g/mol. The van der Waals surface area contributed by atoms with Crippen LogP contribution in [-0.4, -0.2) is 60.8 Å². The number of nitrogens with two attached hydrogens (primary N) is 2. The van der Waals surface area contributed by atoms with E-state index >= 15 is 0 Å². The van der Waals surface area contributed by atoms with Crippen LogP contribution in [-0.2, 0) is 25.5 Å². The van der Waals surface area contributed by atoms with Gasteiger partial charge in [0.2, 0.25) is 0 Å². The van der Waals surface area contributed by atoms with Crippen LogP contribution in [0, 0.1) is 0 Å². The Labute approximate surface area is 209 Å². The van der Waals surface area contributed by atoms with Gasteiger partial charge >= 0.3 is 11.9 Å². The molecule has 2 heterocycles. The molecule has 0 radical (unpaired) electrons. The first kappa shape index (κ1) is 26.6. The minimum atomic E-state index is -0.942. The molecule has 0 spiro atoms. The summed E-state index contributed by atoms with van der Waals surface area (Å²) in [5, 5.41) is 14.3. The summed E-state index contributed by atoms with van der Waals surface area (Å²) in [6, 6.07) is 6.34. The highest BCUT2D eigenvalue weighted by atomic mass is 16.5. The molecule has 0 aromatic heterocycles. The Hall–Kier alpha value is -4.00. The summed E-state index contributed by atoms with van der Waals surface area (Å²) in [4.78, 5) is 36.7. The first-order valence-corrected chi connectivity index (χ1v) is 11.9. The standard InChI is InChI=1S/C23H34N8O5/c1-3-35-18(32)12-11-17(23(34)36-4-2)28-22(33)15-8-5-14(6-9-15)7-10-16-13-26-21-19(27-16)20(24)29-31(25)30-21/h5-6,8-9,16-17,26-27,30H,3-4,7,10-13,25H2,1-2H3,(H2,24,29)(H,28,33)/t16?,17-/m0/s1. The molecular formula is C23H34N8O5. The van der Waals surface area contributed by atoms with E-state index < -0.39 is 23.9 Å². The summed E-state index contributed by atoms with van der Waals surface area (Å²) in [5.41, 5.74) is 10.9. The third-order valence-electron chi connectivity index (χ3n) is 5.64. The topological polar surface area (TPSA) is 185 Å². The van der Waals surface area contributed by atoms with Gasteiger partial charge < -0.3 is 31.2 Å². The predicted octanol–water partition coefficient (Wildman–Crippen LogP) is -0.679. The Morgan fingerprint density at radius 3 is 2.61 bits per heavy atom. The lowest BCUT2D eigenvalue weighted by Crippen LogP contribution is -2.57. The molecule has 0 bridgehead atoms. The molecule has 0 saturated carbocycles. The zero-order valence-corrected chi connectivity index (χ0v) is 20.5. The second kappa shape index (κ2) is 12.6. The smallest absolute Gasteiger partial charge is 0.328 e. The number of ether oxygens (including phenoxy) is 2. The van der Waals surface area contributed by atoms with Crippen LogP contribution in [0.3, 0.4) is 0 Å². The summed E-state index contributed by atoms with van der Waals surface area (Å²) in [6.45, 7) is 4.48. The monoisotopic (exact) mass is 502 g/mol. The van der Waals surface area contributed by atoms with Crippen molar-refractivity contribution >= 4 is 23.7 Å². The molecule has 13 heteroatoms. The highest BCUT2D eigenvalue weighted by molar-refractivity contribution is 5.97. The highest BCUT2D eigenvalue weighted by Crippen LogP contribution is 2.14. The number of hydrogen-bond acceptors (Lipinski definition) is 12. The van der Waals surface area contributed by atoms with Crippen molar-refractivity contribution in [3.8, 4) is 0 Å². The first-order valence-electron chi connectivity index (χ1n) is 11.9. The molecule has 196 valence electrons. The average Bonchev–Trinajstić information content (AvgIpc) is 2.85. The lowest BCUT2D eigenvalue weighted by Gasteiger charge is -2.34. The van der Waals surface area contributed by atoms with Crippen molar-refractivity contribution < 1.29 is 23.9 Å². The minimum absolute atomic E-state index is 0.00294. The molecule has 0 fully saturated rings. The predicted molar refractivity (Wildman–Crippen MR) is 131 cm³/mol. The number of carbonyl (C=O) groups excluding carboxylic acids is 3. The number of nitrogens with zero attached hydrogens (tertiary/aromatic N) is 2. The van der Waals surface area contributed by atoms with Crippen LogP contribution in [0.5, 0.6) is 0 Å². The molecule has 8 N–H and O–H groups in total. The van der Waals surface area contributed by atoms with Gasteiger partial charge in [-0.05, 0) is 50.8 Å². The Bertz CT molecular complexity index is 1010. The van der Waals surface area contributed by atoms with Crippen LogP contribution >= 0.6 is 0 Å². The van der Waals surface area contributed by atoms with Gasteiger partial charge in [-0.1, -0.05) is 12.1 Å². The maximum Gasteiger partial charge on any atom is 0.328 e. The molecule has 1 aromatic carbocycles. The average molecular weight is 503 g/mol. The summed E-state index contributed by atoms with van der Waals surface area (Å²) in [7, 11) is 0. The van der Waals surface area contributed by atoms with Crippen molar-refractivity contribution in [3.05, 3.63) is 46.9 Å². The van der Waals surface area contributed by atoms with Crippen molar-refractivity contribution in [2.24, 2.45) is 16.7 Å². The van der Waals surface area contributed by atoms with Gasteiger partial charge in [-0.15, -0.1) is 10.3 Å². The highest BCUT2D eigenvalue weighted by Gasteiger charge is 2.26. The van der Waals surface area contributed by atoms with Gasteiger partial charge in [-0.2, -0.15) is 0 Å². The quantitative estimate of drug-likeness (QED) is 0.166. The number of esters is 2. The maximum absolute atomic E-state index is 12.7. The second-order valence-corrected chi connectivity index (χ2v) is 8.27. The summed E-state index contributed by atoms with van der Waals surface area (Å²) >= 11 is 0. The second-order valence-electron chi connectivity index (χ2n) is 8.27. The molecule has 0 saturated heterocycles. The van der Waals surface area contributed by atoms with Gasteiger partial charge in [0.1, 0.15) is 17.6 Å². The Balaban J connectivity index is 1.52. The van der Waals surface area contributed by atoms with Gasteiger partial charge in [-0.25, -0.2) is 10.6 Å². The van der Waals surface area contributed by atoms with Gasteiger partial charge in [-0.3, -0.25) is 15.0 Å². The number of hydrogen-bond donors (Lipinski definition) is 6. The molecule has 36 heavy (non-hydrogen) atoms. The van der Waals surface area contributed by atoms with Gasteiger partial charge in [0.15, 0.2) is 5.84 Å². The van der Waals surface area contributed by atoms with Crippen LogP contribution in [0.25, 0.3) is 0 Å². The largest absolute Gasteiger partial charge is 0.466 e. The van der Waals surface area contributed by atoms with Gasteiger partial charge in [0.05, 0.1) is 13.2 Å².